The number of aromatic amines is 1. The molecule has 1 aromatic carbocycles. The minimum Gasteiger partial charge on any atom is -0.485 e. The SMILES string of the molecule is CC(C)(C)n1ncc(OCc2ccc(-c3ncn[nH]3)cc2)c(Cl)c1=O. The summed E-state index contributed by atoms with van der Waals surface area (Å²) >= 11 is 6.15. The van der Waals surface area contributed by atoms with Crippen LogP contribution in [0.25, 0.3) is 11.4 Å². The van der Waals surface area contributed by atoms with Crippen molar-refractivity contribution >= 4 is 11.6 Å². The van der Waals surface area contributed by atoms with Crippen molar-refractivity contribution in [3.8, 4) is 17.1 Å². The molecule has 0 saturated heterocycles. The van der Waals surface area contributed by atoms with Gasteiger partial charge in [0.25, 0.3) is 5.56 Å². The van der Waals surface area contributed by atoms with Gasteiger partial charge in [0, 0.05) is 5.56 Å². The Balaban J connectivity index is 1.74. The number of H-pyrrole nitrogens is 1. The lowest BCUT2D eigenvalue weighted by Gasteiger charge is -2.21. The minimum absolute atomic E-state index is 0.0307. The van der Waals surface area contributed by atoms with E-state index in [0.717, 1.165) is 11.1 Å². The Morgan fingerprint density at radius 2 is 1.96 bits per heavy atom. The lowest BCUT2D eigenvalue weighted by molar-refractivity contribution is 0.292. The molecule has 0 radical (unpaired) electrons. The average Bonchev–Trinajstić information content (AvgIpc) is 3.10. The summed E-state index contributed by atoms with van der Waals surface area (Å²) in [6.07, 6.45) is 2.93. The van der Waals surface area contributed by atoms with Gasteiger partial charge in [-0.25, -0.2) is 9.67 Å². The highest BCUT2D eigenvalue weighted by Gasteiger charge is 2.19. The highest BCUT2D eigenvalue weighted by atomic mass is 35.5. The van der Waals surface area contributed by atoms with Crippen molar-refractivity contribution in [3.63, 3.8) is 0 Å². The van der Waals surface area contributed by atoms with Crippen molar-refractivity contribution < 1.29 is 4.74 Å². The van der Waals surface area contributed by atoms with E-state index in [1.807, 2.05) is 45.0 Å². The van der Waals surface area contributed by atoms with E-state index in [1.54, 1.807) is 0 Å². The summed E-state index contributed by atoms with van der Waals surface area (Å²) in [6, 6.07) is 7.65. The standard InChI is InChI=1S/C17H18ClN5O2/c1-17(2,3)23-16(24)14(18)13(8-21-23)25-9-11-4-6-12(7-5-11)15-19-10-20-22-15/h4-8,10H,9H2,1-3H3,(H,19,20,22). The van der Waals surface area contributed by atoms with Gasteiger partial charge < -0.3 is 4.74 Å². The molecule has 0 bridgehead atoms. The summed E-state index contributed by atoms with van der Waals surface area (Å²) in [6.45, 7) is 5.92. The number of aromatic nitrogens is 5. The lowest BCUT2D eigenvalue weighted by atomic mass is 10.1. The Bertz CT molecular complexity index is 912. The monoisotopic (exact) mass is 359 g/mol. The first-order valence-electron chi connectivity index (χ1n) is 7.72. The van der Waals surface area contributed by atoms with Crippen molar-refractivity contribution in [2.45, 2.75) is 32.9 Å². The molecule has 0 aliphatic rings. The zero-order chi connectivity index (χ0) is 18.0. The van der Waals surface area contributed by atoms with E-state index in [2.05, 4.69) is 20.3 Å². The molecule has 3 rings (SSSR count). The molecular formula is C17H18ClN5O2. The van der Waals surface area contributed by atoms with Gasteiger partial charge in [0.15, 0.2) is 16.6 Å². The molecule has 0 fully saturated rings. The van der Waals surface area contributed by atoms with Gasteiger partial charge >= 0.3 is 0 Å². The number of halogens is 1. The van der Waals surface area contributed by atoms with Gasteiger partial charge in [0.1, 0.15) is 12.9 Å². The molecule has 0 aliphatic heterocycles. The van der Waals surface area contributed by atoms with Gasteiger partial charge in [-0.2, -0.15) is 10.2 Å². The first-order chi connectivity index (χ1) is 11.9. The largest absolute Gasteiger partial charge is 0.485 e. The molecule has 0 unspecified atom stereocenters. The molecule has 25 heavy (non-hydrogen) atoms. The van der Waals surface area contributed by atoms with Gasteiger partial charge in [-0.15, -0.1) is 0 Å². The van der Waals surface area contributed by atoms with Crippen LogP contribution < -0.4 is 10.3 Å². The maximum Gasteiger partial charge on any atom is 0.289 e. The number of nitrogens with zero attached hydrogens (tertiary/aromatic N) is 4. The van der Waals surface area contributed by atoms with Gasteiger partial charge in [0.2, 0.25) is 0 Å². The van der Waals surface area contributed by atoms with Crippen LogP contribution >= 0.6 is 11.6 Å². The fraction of sp³-hybridized carbons (Fsp3) is 0.294. The van der Waals surface area contributed by atoms with E-state index in [9.17, 15) is 4.79 Å². The summed E-state index contributed by atoms with van der Waals surface area (Å²) in [5.74, 6) is 0.969. The predicted molar refractivity (Wildman–Crippen MR) is 94.7 cm³/mol. The van der Waals surface area contributed by atoms with E-state index in [1.165, 1.54) is 17.2 Å². The third-order valence-electron chi connectivity index (χ3n) is 3.56. The molecular weight excluding hydrogens is 342 g/mol. The normalized spacial score (nSPS) is 11.5. The van der Waals surface area contributed by atoms with Crippen molar-refractivity contribution in [2.75, 3.05) is 0 Å². The topological polar surface area (TPSA) is 85.7 Å². The molecule has 0 amide bonds. The van der Waals surface area contributed by atoms with Gasteiger partial charge in [-0.05, 0) is 26.3 Å². The number of rotatable bonds is 4. The second-order valence-electron chi connectivity index (χ2n) is 6.53. The Hall–Kier alpha value is -2.67. The quantitative estimate of drug-likeness (QED) is 0.773. The van der Waals surface area contributed by atoms with Crippen molar-refractivity contribution in [2.24, 2.45) is 0 Å². The predicted octanol–water partition coefficient (Wildman–Crippen LogP) is 3.02. The molecule has 2 heterocycles. The first-order valence-corrected chi connectivity index (χ1v) is 8.10. The zero-order valence-corrected chi connectivity index (χ0v) is 14.9. The van der Waals surface area contributed by atoms with Crippen molar-refractivity contribution in [1.82, 2.24) is 25.0 Å². The highest BCUT2D eigenvalue weighted by molar-refractivity contribution is 6.31. The van der Waals surface area contributed by atoms with Crippen LogP contribution in [0.5, 0.6) is 5.75 Å². The van der Waals surface area contributed by atoms with Crippen LogP contribution in [0.3, 0.4) is 0 Å². The Kier molecular flexibility index (Phi) is 4.59. The Labute approximate surface area is 149 Å². The van der Waals surface area contributed by atoms with Crippen LogP contribution in [-0.4, -0.2) is 25.0 Å². The minimum atomic E-state index is -0.449. The Morgan fingerprint density at radius 3 is 2.56 bits per heavy atom. The van der Waals surface area contributed by atoms with Crippen LogP contribution in [0, 0.1) is 0 Å². The second-order valence-corrected chi connectivity index (χ2v) is 6.91. The third kappa shape index (κ3) is 3.71. The second kappa shape index (κ2) is 6.68. The summed E-state index contributed by atoms with van der Waals surface area (Å²) < 4.78 is 7.00. The number of hydrogen-bond donors (Lipinski definition) is 1. The van der Waals surface area contributed by atoms with Gasteiger partial charge in [0.05, 0.1) is 11.7 Å². The summed E-state index contributed by atoms with van der Waals surface area (Å²) in [7, 11) is 0. The average molecular weight is 360 g/mol. The molecule has 0 saturated carbocycles. The number of hydrogen-bond acceptors (Lipinski definition) is 5. The van der Waals surface area contributed by atoms with Crippen LogP contribution in [0.15, 0.2) is 41.6 Å². The van der Waals surface area contributed by atoms with Crippen LogP contribution in [0.2, 0.25) is 5.02 Å². The Morgan fingerprint density at radius 1 is 1.24 bits per heavy atom. The van der Waals surface area contributed by atoms with E-state index in [4.69, 9.17) is 16.3 Å². The molecule has 2 aromatic heterocycles. The molecule has 0 aliphatic carbocycles. The van der Waals surface area contributed by atoms with Crippen LogP contribution in [-0.2, 0) is 12.1 Å². The maximum absolute atomic E-state index is 12.3. The molecule has 0 atom stereocenters. The first kappa shape index (κ1) is 17.2. The van der Waals surface area contributed by atoms with E-state index >= 15 is 0 Å². The van der Waals surface area contributed by atoms with E-state index in [0.29, 0.717) is 5.82 Å². The summed E-state index contributed by atoms with van der Waals surface area (Å²) in [4.78, 5) is 16.4. The summed E-state index contributed by atoms with van der Waals surface area (Å²) in [5.41, 5.74) is 1.04. The maximum atomic E-state index is 12.3. The van der Waals surface area contributed by atoms with E-state index in [-0.39, 0.29) is 22.9 Å². The van der Waals surface area contributed by atoms with Gasteiger partial charge in [-0.1, -0.05) is 35.9 Å². The lowest BCUT2D eigenvalue weighted by Crippen LogP contribution is -2.36. The fourth-order valence-corrected chi connectivity index (χ4v) is 2.44. The summed E-state index contributed by atoms with van der Waals surface area (Å²) in [5, 5.41) is 10.8. The zero-order valence-electron chi connectivity index (χ0n) is 14.2. The van der Waals surface area contributed by atoms with E-state index < -0.39 is 5.54 Å². The smallest absolute Gasteiger partial charge is 0.289 e. The van der Waals surface area contributed by atoms with Crippen molar-refractivity contribution in [3.05, 3.63) is 57.7 Å². The number of ether oxygens (including phenoxy) is 1. The highest BCUT2D eigenvalue weighted by Crippen LogP contribution is 2.22. The van der Waals surface area contributed by atoms with Crippen molar-refractivity contribution in [1.29, 1.82) is 0 Å². The third-order valence-corrected chi connectivity index (χ3v) is 3.91. The number of nitrogens with one attached hydrogen (secondary N) is 1. The molecule has 8 heteroatoms. The number of benzene rings is 1. The van der Waals surface area contributed by atoms with Gasteiger partial charge in [-0.3, -0.25) is 9.89 Å². The molecule has 0 spiro atoms. The molecule has 3 aromatic rings. The molecule has 7 nitrogen and oxygen atoms in total. The molecule has 130 valence electrons. The van der Waals surface area contributed by atoms with Crippen LogP contribution in [0.1, 0.15) is 26.3 Å². The van der Waals surface area contributed by atoms with Crippen LogP contribution in [0.4, 0.5) is 0 Å². The fourth-order valence-electron chi connectivity index (χ4n) is 2.26. The molecule has 1 N–H and O–H groups in total.